The summed E-state index contributed by atoms with van der Waals surface area (Å²) in [5.74, 6) is -1.29. The third-order valence-electron chi connectivity index (χ3n) is 2.07. The van der Waals surface area contributed by atoms with E-state index in [1.54, 1.807) is 0 Å². The summed E-state index contributed by atoms with van der Waals surface area (Å²) in [5, 5.41) is 11.4. The number of carboxylic acid groups (broad SMARTS) is 1. The molecule has 0 saturated heterocycles. The number of carboxylic acids is 1. The zero-order valence-electron chi connectivity index (χ0n) is 9.90. The molecule has 18 heavy (non-hydrogen) atoms. The van der Waals surface area contributed by atoms with Crippen molar-refractivity contribution in [1.29, 1.82) is 0 Å². The predicted molar refractivity (Wildman–Crippen MR) is 70.8 cm³/mol. The molecule has 0 spiro atoms. The van der Waals surface area contributed by atoms with Gasteiger partial charge in [0.1, 0.15) is 6.61 Å². The second kappa shape index (κ2) is 7.13. The van der Waals surface area contributed by atoms with Crippen molar-refractivity contribution >= 4 is 33.5 Å². The average molecular weight is 316 g/mol. The van der Waals surface area contributed by atoms with E-state index in [0.29, 0.717) is 16.8 Å². The molecule has 0 bridgehead atoms. The molecular weight excluding hydrogens is 302 g/mol. The molecule has 0 unspecified atom stereocenters. The van der Waals surface area contributed by atoms with Crippen LogP contribution in [0.15, 0.2) is 22.7 Å². The summed E-state index contributed by atoms with van der Waals surface area (Å²) in [6.07, 6.45) is 0.851. The summed E-state index contributed by atoms with van der Waals surface area (Å²) in [6.45, 7) is 2.48. The molecule has 0 fully saturated rings. The van der Waals surface area contributed by atoms with Crippen molar-refractivity contribution < 1.29 is 19.4 Å². The Kier molecular flexibility index (Phi) is 5.80. The van der Waals surface area contributed by atoms with Gasteiger partial charge in [-0.25, -0.2) is 4.79 Å². The number of nitrogens with one attached hydrogen (secondary N) is 1. The van der Waals surface area contributed by atoms with Gasteiger partial charge < -0.3 is 15.2 Å². The number of rotatable bonds is 6. The zero-order chi connectivity index (χ0) is 13.5. The van der Waals surface area contributed by atoms with Crippen LogP contribution in [0.25, 0.3) is 0 Å². The van der Waals surface area contributed by atoms with E-state index in [0.717, 1.165) is 6.42 Å². The first-order valence-corrected chi connectivity index (χ1v) is 6.24. The van der Waals surface area contributed by atoms with Crippen LogP contribution in [-0.4, -0.2) is 30.2 Å². The zero-order valence-corrected chi connectivity index (χ0v) is 11.5. The summed E-state index contributed by atoms with van der Waals surface area (Å²) in [4.78, 5) is 22.2. The van der Waals surface area contributed by atoms with Gasteiger partial charge in [0.15, 0.2) is 0 Å². The molecule has 1 aromatic carbocycles. The van der Waals surface area contributed by atoms with E-state index < -0.39 is 5.97 Å². The molecule has 0 aliphatic heterocycles. The maximum absolute atomic E-state index is 11.5. The number of benzene rings is 1. The molecule has 0 atom stereocenters. The smallest absolute Gasteiger partial charge is 0.335 e. The normalized spacial score (nSPS) is 10.1. The van der Waals surface area contributed by atoms with Crippen LogP contribution in [0, 0.1) is 0 Å². The van der Waals surface area contributed by atoms with Crippen molar-refractivity contribution in [3.05, 3.63) is 28.2 Å². The SMILES string of the molecule is CCCOCC(=O)Nc1ccc(C(=O)O)cc1Br. The van der Waals surface area contributed by atoms with E-state index in [-0.39, 0.29) is 18.1 Å². The van der Waals surface area contributed by atoms with Gasteiger partial charge in [0.25, 0.3) is 0 Å². The number of aromatic carboxylic acids is 1. The molecule has 0 aromatic heterocycles. The van der Waals surface area contributed by atoms with E-state index in [9.17, 15) is 9.59 Å². The summed E-state index contributed by atoms with van der Waals surface area (Å²) in [6, 6.07) is 4.39. The van der Waals surface area contributed by atoms with Crippen molar-refractivity contribution in [2.75, 3.05) is 18.5 Å². The molecule has 0 aliphatic rings. The topological polar surface area (TPSA) is 75.6 Å². The molecule has 0 saturated carbocycles. The minimum Gasteiger partial charge on any atom is -0.478 e. The van der Waals surface area contributed by atoms with Crippen LogP contribution in [0.3, 0.4) is 0 Å². The fourth-order valence-corrected chi connectivity index (χ4v) is 1.72. The minimum atomic E-state index is -1.01. The van der Waals surface area contributed by atoms with Gasteiger partial charge in [0, 0.05) is 11.1 Å². The number of hydrogen-bond acceptors (Lipinski definition) is 3. The van der Waals surface area contributed by atoms with Gasteiger partial charge >= 0.3 is 5.97 Å². The maximum atomic E-state index is 11.5. The first-order chi connectivity index (χ1) is 8.54. The summed E-state index contributed by atoms with van der Waals surface area (Å²) in [5.41, 5.74) is 0.673. The van der Waals surface area contributed by atoms with Crippen LogP contribution >= 0.6 is 15.9 Å². The Morgan fingerprint density at radius 1 is 1.44 bits per heavy atom. The molecule has 6 heteroatoms. The van der Waals surface area contributed by atoms with Crippen LogP contribution < -0.4 is 5.32 Å². The predicted octanol–water partition coefficient (Wildman–Crippen LogP) is 2.51. The van der Waals surface area contributed by atoms with E-state index in [1.807, 2.05) is 6.92 Å². The van der Waals surface area contributed by atoms with E-state index in [2.05, 4.69) is 21.2 Å². The molecule has 0 aliphatic carbocycles. The first kappa shape index (κ1) is 14.7. The van der Waals surface area contributed by atoms with Crippen molar-refractivity contribution in [2.24, 2.45) is 0 Å². The van der Waals surface area contributed by atoms with Crippen molar-refractivity contribution in [2.45, 2.75) is 13.3 Å². The van der Waals surface area contributed by atoms with Gasteiger partial charge in [-0.1, -0.05) is 6.92 Å². The largest absolute Gasteiger partial charge is 0.478 e. The lowest BCUT2D eigenvalue weighted by molar-refractivity contribution is -0.120. The summed E-state index contributed by atoms with van der Waals surface area (Å²) < 4.78 is 5.62. The van der Waals surface area contributed by atoms with Crippen LogP contribution in [0.1, 0.15) is 23.7 Å². The van der Waals surface area contributed by atoms with E-state index >= 15 is 0 Å². The molecule has 1 rings (SSSR count). The van der Waals surface area contributed by atoms with E-state index in [4.69, 9.17) is 9.84 Å². The highest BCUT2D eigenvalue weighted by molar-refractivity contribution is 9.10. The lowest BCUT2D eigenvalue weighted by atomic mass is 10.2. The minimum absolute atomic E-state index is 0.0129. The van der Waals surface area contributed by atoms with Crippen LogP contribution in [0.5, 0.6) is 0 Å². The lowest BCUT2D eigenvalue weighted by Crippen LogP contribution is -2.18. The fraction of sp³-hybridized carbons (Fsp3) is 0.333. The highest BCUT2D eigenvalue weighted by Crippen LogP contribution is 2.23. The first-order valence-electron chi connectivity index (χ1n) is 5.45. The number of amides is 1. The third-order valence-corrected chi connectivity index (χ3v) is 2.73. The average Bonchev–Trinajstić information content (AvgIpc) is 2.32. The third kappa shape index (κ3) is 4.46. The van der Waals surface area contributed by atoms with Gasteiger partial charge in [-0.05, 0) is 40.5 Å². The lowest BCUT2D eigenvalue weighted by Gasteiger charge is -2.08. The Bertz CT molecular complexity index is 448. The molecule has 98 valence electrons. The van der Waals surface area contributed by atoms with Gasteiger partial charge in [0.2, 0.25) is 5.91 Å². The molecule has 5 nitrogen and oxygen atoms in total. The van der Waals surface area contributed by atoms with Crippen LogP contribution in [-0.2, 0) is 9.53 Å². The Morgan fingerprint density at radius 2 is 2.17 bits per heavy atom. The van der Waals surface area contributed by atoms with Crippen LogP contribution in [0.2, 0.25) is 0 Å². The fourth-order valence-electron chi connectivity index (χ4n) is 1.25. The van der Waals surface area contributed by atoms with E-state index in [1.165, 1.54) is 18.2 Å². The molecule has 2 N–H and O–H groups in total. The van der Waals surface area contributed by atoms with Crippen molar-refractivity contribution in [3.63, 3.8) is 0 Å². The standard InChI is InChI=1S/C12H14BrNO4/c1-2-5-18-7-11(15)14-10-4-3-8(12(16)17)6-9(10)13/h3-4,6H,2,5,7H2,1H3,(H,14,15)(H,16,17). The van der Waals surface area contributed by atoms with Gasteiger partial charge in [-0.2, -0.15) is 0 Å². The molecule has 0 heterocycles. The Morgan fingerprint density at radius 3 is 2.72 bits per heavy atom. The van der Waals surface area contributed by atoms with Crippen molar-refractivity contribution in [1.82, 2.24) is 0 Å². The Balaban J connectivity index is 2.62. The summed E-state index contributed by atoms with van der Waals surface area (Å²) >= 11 is 3.21. The van der Waals surface area contributed by atoms with Crippen molar-refractivity contribution in [3.8, 4) is 0 Å². The molecule has 1 aromatic rings. The quantitative estimate of drug-likeness (QED) is 0.791. The monoisotopic (exact) mass is 315 g/mol. The summed E-state index contributed by atoms with van der Waals surface area (Å²) in [7, 11) is 0. The van der Waals surface area contributed by atoms with Gasteiger partial charge in [0.05, 0.1) is 11.3 Å². The second-order valence-corrected chi connectivity index (χ2v) is 4.45. The van der Waals surface area contributed by atoms with Crippen LogP contribution in [0.4, 0.5) is 5.69 Å². The Labute approximate surface area is 113 Å². The Hall–Kier alpha value is -1.40. The molecular formula is C12H14BrNO4. The number of anilines is 1. The van der Waals surface area contributed by atoms with Gasteiger partial charge in [-0.3, -0.25) is 4.79 Å². The highest BCUT2D eigenvalue weighted by Gasteiger charge is 2.09. The van der Waals surface area contributed by atoms with Gasteiger partial charge in [-0.15, -0.1) is 0 Å². The number of carbonyl (C=O) groups is 2. The second-order valence-electron chi connectivity index (χ2n) is 3.60. The number of carbonyl (C=O) groups excluding carboxylic acids is 1. The number of hydrogen-bond donors (Lipinski definition) is 2. The number of halogens is 1. The molecule has 0 radical (unpaired) electrons. The molecule has 1 amide bonds. The number of ether oxygens (including phenoxy) is 1. The highest BCUT2D eigenvalue weighted by atomic mass is 79.9. The maximum Gasteiger partial charge on any atom is 0.335 e.